The molecule has 1 amide bonds. The minimum absolute atomic E-state index is 0.317. The van der Waals surface area contributed by atoms with Gasteiger partial charge in [-0.15, -0.1) is 0 Å². The third-order valence-electron chi connectivity index (χ3n) is 3.09. The van der Waals surface area contributed by atoms with E-state index in [4.69, 9.17) is 0 Å². The molecule has 0 unspecified atom stereocenters. The van der Waals surface area contributed by atoms with Crippen molar-refractivity contribution >= 4 is 11.6 Å². The molecule has 0 aliphatic heterocycles. The van der Waals surface area contributed by atoms with Crippen molar-refractivity contribution in [3.8, 4) is 0 Å². The normalized spacial score (nSPS) is 12.3. The maximum Gasteiger partial charge on any atom is 0.433 e. The molecule has 2 rings (SSSR count). The Morgan fingerprint density at radius 1 is 1.17 bits per heavy atom. The van der Waals surface area contributed by atoms with Crippen LogP contribution in [0.3, 0.4) is 0 Å². The van der Waals surface area contributed by atoms with Crippen LogP contribution in [0.2, 0.25) is 0 Å². The molecule has 0 atom stereocenters. The number of hydrogen-bond donors (Lipinski definition) is 1. The van der Waals surface area contributed by atoms with Crippen LogP contribution in [0.15, 0.2) is 24.5 Å². The molecule has 5 nitrogen and oxygen atoms in total. The Kier molecular flexibility index (Phi) is 4.19. The van der Waals surface area contributed by atoms with Crippen LogP contribution >= 0.6 is 0 Å². The molecule has 0 aliphatic carbocycles. The van der Waals surface area contributed by atoms with Gasteiger partial charge in [-0.25, -0.2) is 0 Å². The molecule has 0 aliphatic rings. The van der Waals surface area contributed by atoms with E-state index >= 15 is 0 Å². The summed E-state index contributed by atoms with van der Waals surface area (Å²) in [5, 5.41) is 6.16. The molecule has 23 heavy (non-hydrogen) atoms. The third kappa shape index (κ3) is 3.69. The zero-order valence-corrected chi connectivity index (χ0v) is 13.2. The maximum absolute atomic E-state index is 13.4. The number of anilines is 1. The molecule has 0 saturated carbocycles. The van der Waals surface area contributed by atoms with E-state index in [9.17, 15) is 18.0 Å². The second kappa shape index (κ2) is 5.68. The van der Waals surface area contributed by atoms with Crippen molar-refractivity contribution < 1.29 is 18.0 Å². The maximum atomic E-state index is 13.4. The highest BCUT2D eigenvalue weighted by Crippen LogP contribution is 2.35. The van der Waals surface area contributed by atoms with Crippen LogP contribution in [0.5, 0.6) is 0 Å². The number of pyridine rings is 1. The Hall–Kier alpha value is -2.38. The van der Waals surface area contributed by atoms with Crippen molar-refractivity contribution in [2.45, 2.75) is 39.4 Å². The van der Waals surface area contributed by atoms with E-state index in [-0.39, 0.29) is 0 Å². The lowest BCUT2D eigenvalue weighted by Crippen LogP contribution is -2.30. The average Bonchev–Trinajstić information content (AvgIpc) is 2.86. The molecule has 0 aromatic carbocycles. The quantitative estimate of drug-likeness (QED) is 0.917. The van der Waals surface area contributed by atoms with Gasteiger partial charge in [0.05, 0.1) is 29.2 Å². The molecular weight excluding hydrogens is 309 g/mol. The molecule has 2 aromatic heterocycles. The van der Waals surface area contributed by atoms with Crippen LogP contribution in [0.1, 0.15) is 42.5 Å². The average molecular weight is 326 g/mol. The largest absolute Gasteiger partial charge is 0.433 e. The lowest BCUT2D eigenvalue weighted by molar-refractivity contribution is -0.146. The number of alkyl halides is 3. The summed E-state index contributed by atoms with van der Waals surface area (Å²) in [7, 11) is 0. The summed E-state index contributed by atoms with van der Waals surface area (Å²) in [6.45, 7) is 6.52. The van der Waals surface area contributed by atoms with E-state index in [2.05, 4.69) is 15.4 Å². The predicted molar refractivity (Wildman–Crippen MR) is 79.2 cm³/mol. The zero-order valence-electron chi connectivity index (χ0n) is 13.2. The standard InChI is InChI=1S/C15H17F3N4O/c1-9-5-6-10(7-19-9)21-13(23)11-8-20-22(14(2,3)4)12(11)15(16,17)18/h5-8H,1-4H3,(H,21,23). The summed E-state index contributed by atoms with van der Waals surface area (Å²) in [5.41, 5.74) is -1.44. The van der Waals surface area contributed by atoms with Crippen LogP contribution in [0.25, 0.3) is 0 Å². The lowest BCUT2D eigenvalue weighted by atomic mass is 10.1. The van der Waals surface area contributed by atoms with Gasteiger partial charge in [-0.05, 0) is 39.8 Å². The summed E-state index contributed by atoms with van der Waals surface area (Å²) in [5.74, 6) is -0.876. The first-order valence-corrected chi connectivity index (χ1v) is 6.90. The Labute approximate surface area is 131 Å². The Morgan fingerprint density at radius 3 is 2.30 bits per heavy atom. The summed E-state index contributed by atoms with van der Waals surface area (Å²) in [6.07, 6.45) is -2.37. The zero-order chi connectivity index (χ0) is 17.4. The highest BCUT2D eigenvalue weighted by Gasteiger charge is 2.42. The molecule has 0 saturated heterocycles. The molecule has 0 spiro atoms. The van der Waals surface area contributed by atoms with Crippen molar-refractivity contribution in [3.05, 3.63) is 41.5 Å². The Balaban J connectivity index is 2.41. The topological polar surface area (TPSA) is 59.8 Å². The smallest absolute Gasteiger partial charge is 0.320 e. The number of nitrogens with one attached hydrogen (secondary N) is 1. The Morgan fingerprint density at radius 2 is 1.83 bits per heavy atom. The molecule has 0 fully saturated rings. The molecular formula is C15H17F3N4O. The minimum atomic E-state index is -4.69. The van der Waals surface area contributed by atoms with Gasteiger partial charge in [-0.3, -0.25) is 14.5 Å². The molecule has 2 aromatic rings. The number of aromatic nitrogens is 3. The van der Waals surface area contributed by atoms with Gasteiger partial charge in [0.1, 0.15) is 0 Å². The van der Waals surface area contributed by atoms with Crippen molar-refractivity contribution in [3.63, 3.8) is 0 Å². The summed E-state index contributed by atoms with van der Waals surface area (Å²) >= 11 is 0. The minimum Gasteiger partial charge on any atom is -0.320 e. The lowest BCUT2D eigenvalue weighted by Gasteiger charge is -2.23. The van der Waals surface area contributed by atoms with Crippen LogP contribution in [0.4, 0.5) is 18.9 Å². The third-order valence-corrected chi connectivity index (χ3v) is 3.09. The fraction of sp³-hybridized carbons (Fsp3) is 0.400. The van der Waals surface area contributed by atoms with Crippen LogP contribution in [0, 0.1) is 6.92 Å². The molecule has 1 N–H and O–H groups in total. The first-order valence-electron chi connectivity index (χ1n) is 6.90. The van der Waals surface area contributed by atoms with Gasteiger partial charge >= 0.3 is 6.18 Å². The highest BCUT2D eigenvalue weighted by atomic mass is 19.4. The van der Waals surface area contributed by atoms with Gasteiger partial charge in [0.25, 0.3) is 5.91 Å². The first-order chi connectivity index (χ1) is 10.5. The Bertz CT molecular complexity index is 712. The molecule has 8 heteroatoms. The van der Waals surface area contributed by atoms with Gasteiger partial charge in [-0.2, -0.15) is 18.3 Å². The van der Waals surface area contributed by atoms with E-state index in [0.717, 1.165) is 16.6 Å². The fourth-order valence-corrected chi connectivity index (χ4v) is 2.04. The van der Waals surface area contributed by atoms with Gasteiger partial charge < -0.3 is 5.32 Å². The van der Waals surface area contributed by atoms with Crippen LogP contribution < -0.4 is 5.32 Å². The van der Waals surface area contributed by atoms with Crippen molar-refractivity contribution in [1.29, 1.82) is 0 Å². The predicted octanol–water partition coefficient (Wildman–Crippen LogP) is 3.61. The van der Waals surface area contributed by atoms with Crippen LogP contribution in [-0.4, -0.2) is 20.7 Å². The second-order valence-electron chi connectivity index (χ2n) is 6.13. The number of carbonyl (C=O) groups is 1. The SMILES string of the molecule is Cc1ccc(NC(=O)c2cnn(C(C)(C)C)c2C(F)(F)F)cn1. The van der Waals surface area contributed by atoms with Crippen molar-refractivity contribution in [2.75, 3.05) is 5.32 Å². The van der Waals surface area contributed by atoms with Gasteiger partial charge in [0.2, 0.25) is 0 Å². The number of halogens is 3. The summed E-state index contributed by atoms with van der Waals surface area (Å²) < 4.78 is 40.9. The highest BCUT2D eigenvalue weighted by molar-refractivity contribution is 6.05. The molecule has 124 valence electrons. The molecule has 0 bridgehead atoms. The summed E-state index contributed by atoms with van der Waals surface area (Å²) in [6, 6.07) is 3.22. The second-order valence-corrected chi connectivity index (χ2v) is 6.13. The van der Waals surface area contributed by atoms with E-state index < -0.39 is 28.9 Å². The number of amides is 1. The van der Waals surface area contributed by atoms with Crippen molar-refractivity contribution in [2.24, 2.45) is 0 Å². The van der Waals surface area contributed by atoms with Gasteiger partial charge in [-0.1, -0.05) is 0 Å². The van der Waals surface area contributed by atoms with E-state index in [1.54, 1.807) is 39.8 Å². The van der Waals surface area contributed by atoms with E-state index in [1.807, 2.05) is 0 Å². The molecule has 0 radical (unpaired) electrons. The fourth-order valence-electron chi connectivity index (χ4n) is 2.04. The number of hydrogen-bond acceptors (Lipinski definition) is 3. The monoisotopic (exact) mass is 326 g/mol. The van der Waals surface area contributed by atoms with E-state index in [1.165, 1.54) is 6.20 Å². The number of carbonyl (C=O) groups excluding carboxylic acids is 1. The van der Waals surface area contributed by atoms with Crippen LogP contribution in [-0.2, 0) is 11.7 Å². The number of aryl methyl sites for hydroxylation is 1. The molecule has 2 heterocycles. The van der Waals surface area contributed by atoms with Crippen molar-refractivity contribution in [1.82, 2.24) is 14.8 Å². The number of rotatable bonds is 2. The summed E-state index contributed by atoms with van der Waals surface area (Å²) in [4.78, 5) is 16.2. The van der Waals surface area contributed by atoms with E-state index in [0.29, 0.717) is 5.69 Å². The first kappa shape index (κ1) is 17.0. The van der Waals surface area contributed by atoms with Gasteiger partial charge in [0.15, 0.2) is 5.69 Å². The van der Waals surface area contributed by atoms with Gasteiger partial charge in [0, 0.05) is 5.69 Å². The number of nitrogens with zero attached hydrogens (tertiary/aromatic N) is 3.